The number of benzene rings is 1. The van der Waals surface area contributed by atoms with Gasteiger partial charge in [-0.2, -0.15) is 4.98 Å². The zero-order chi connectivity index (χ0) is 17.9. The van der Waals surface area contributed by atoms with E-state index in [-0.39, 0.29) is 18.1 Å². The Labute approximate surface area is 146 Å². The van der Waals surface area contributed by atoms with Crippen molar-refractivity contribution in [2.24, 2.45) is 11.7 Å². The molecule has 1 aromatic heterocycles. The number of nitrogens with zero attached hydrogens (tertiary/aromatic N) is 2. The van der Waals surface area contributed by atoms with E-state index in [0.717, 1.165) is 12.8 Å². The molecule has 0 bridgehead atoms. The van der Waals surface area contributed by atoms with E-state index in [0.29, 0.717) is 41.9 Å². The van der Waals surface area contributed by atoms with Crippen LogP contribution in [0.4, 0.5) is 0 Å². The van der Waals surface area contributed by atoms with Crippen molar-refractivity contribution in [2.75, 3.05) is 6.54 Å². The molecule has 3 rings (SSSR count). The quantitative estimate of drug-likeness (QED) is 0.760. The number of nitrogens with two attached hydrogens (primary N) is 1. The topological polar surface area (TPSA) is 103 Å². The first-order valence-electron chi connectivity index (χ1n) is 8.61. The molecule has 7 heteroatoms. The molecule has 1 unspecified atom stereocenters. The van der Waals surface area contributed by atoms with Crippen molar-refractivity contribution in [1.82, 2.24) is 15.5 Å². The molecule has 25 heavy (non-hydrogen) atoms. The zero-order valence-corrected chi connectivity index (χ0v) is 14.6. The Kier molecular flexibility index (Phi) is 5.03. The van der Waals surface area contributed by atoms with Crippen LogP contribution < -0.4 is 15.8 Å². The van der Waals surface area contributed by atoms with Crippen LogP contribution >= 0.6 is 0 Å². The van der Waals surface area contributed by atoms with Crippen LogP contribution in [0.1, 0.15) is 48.8 Å². The zero-order valence-electron chi connectivity index (χ0n) is 14.6. The predicted octanol–water partition coefficient (Wildman–Crippen LogP) is 2.07. The van der Waals surface area contributed by atoms with Gasteiger partial charge in [0.15, 0.2) is 6.61 Å². The van der Waals surface area contributed by atoms with Gasteiger partial charge in [0.05, 0.1) is 5.54 Å². The Hall–Kier alpha value is -2.41. The molecule has 0 aliphatic heterocycles. The summed E-state index contributed by atoms with van der Waals surface area (Å²) in [5, 5.41) is 6.90. The van der Waals surface area contributed by atoms with Gasteiger partial charge in [0.1, 0.15) is 5.75 Å². The highest BCUT2D eigenvalue weighted by molar-refractivity contribution is 5.94. The minimum Gasteiger partial charge on any atom is -0.485 e. The van der Waals surface area contributed by atoms with Crippen molar-refractivity contribution >= 4 is 5.91 Å². The molecule has 1 aliphatic rings. The van der Waals surface area contributed by atoms with Crippen LogP contribution in [0.5, 0.6) is 5.75 Å². The molecular weight excluding hydrogens is 320 g/mol. The Bertz CT molecular complexity index is 724. The maximum absolute atomic E-state index is 12.4. The maximum Gasteiger partial charge on any atom is 0.251 e. The van der Waals surface area contributed by atoms with Crippen LogP contribution in [-0.4, -0.2) is 28.1 Å². The van der Waals surface area contributed by atoms with Crippen molar-refractivity contribution in [3.8, 4) is 5.75 Å². The molecule has 7 nitrogen and oxygen atoms in total. The molecule has 134 valence electrons. The standard InChI is InChI=1S/C18H24N4O3/c1-3-16-20-15(22-25-16)10-24-14-8-4-12(5-9-14)17(23)21-18(2,11-19)13-6-7-13/h4-5,8-9,13H,3,6-7,10-11,19H2,1-2H3,(H,21,23). The molecule has 1 saturated carbocycles. The van der Waals surface area contributed by atoms with Crippen LogP contribution in [0.15, 0.2) is 28.8 Å². The van der Waals surface area contributed by atoms with Gasteiger partial charge in [-0.3, -0.25) is 4.79 Å². The van der Waals surface area contributed by atoms with Gasteiger partial charge in [0.25, 0.3) is 5.91 Å². The third-order valence-electron chi connectivity index (χ3n) is 4.60. The van der Waals surface area contributed by atoms with E-state index < -0.39 is 0 Å². The molecule has 0 saturated heterocycles. The molecule has 3 N–H and O–H groups in total. The van der Waals surface area contributed by atoms with E-state index in [9.17, 15) is 4.79 Å². The molecule has 1 fully saturated rings. The Balaban J connectivity index is 1.56. The molecule has 2 aromatic rings. The number of hydrogen-bond donors (Lipinski definition) is 2. The van der Waals surface area contributed by atoms with Gasteiger partial charge < -0.3 is 20.3 Å². The molecule has 0 spiro atoms. The van der Waals surface area contributed by atoms with E-state index in [2.05, 4.69) is 15.5 Å². The van der Waals surface area contributed by atoms with Crippen LogP contribution in [0.2, 0.25) is 0 Å². The molecule has 1 amide bonds. The van der Waals surface area contributed by atoms with Gasteiger partial charge in [0, 0.05) is 18.5 Å². The lowest BCUT2D eigenvalue weighted by Crippen LogP contribution is -2.53. The van der Waals surface area contributed by atoms with Gasteiger partial charge in [-0.15, -0.1) is 0 Å². The minimum absolute atomic E-state index is 0.114. The summed E-state index contributed by atoms with van der Waals surface area (Å²) in [6.45, 7) is 4.62. The van der Waals surface area contributed by atoms with E-state index in [4.69, 9.17) is 15.0 Å². The van der Waals surface area contributed by atoms with E-state index in [1.807, 2.05) is 13.8 Å². The second-order valence-electron chi connectivity index (χ2n) is 6.62. The number of hydrogen-bond acceptors (Lipinski definition) is 6. The first kappa shape index (κ1) is 17.4. The molecular formula is C18H24N4O3. The summed E-state index contributed by atoms with van der Waals surface area (Å²) in [5.74, 6) is 2.10. The summed E-state index contributed by atoms with van der Waals surface area (Å²) < 4.78 is 10.6. The first-order valence-corrected chi connectivity index (χ1v) is 8.61. The monoisotopic (exact) mass is 344 g/mol. The van der Waals surface area contributed by atoms with Gasteiger partial charge in [-0.05, 0) is 49.9 Å². The smallest absolute Gasteiger partial charge is 0.251 e. The summed E-state index contributed by atoms with van der Waals surface area (Å²) in [4.78, 5) is 16.6. The SMILES string of the molecule is CCc1nc(COc2ccc(C(=O)NC(C)(CN)C3CC3)cc2)no1. The Morgan fingerprint density at radius 1 is 1.40 bits per heavy atom. The fraction of sp³-hybridized carbons (Fsp3) is 0.500. The number of carbonyl (C=O) groups excluding carboxylic acids is 1. The van der Waals surface area contributed by atoms with E-state index in [1.54, 1.807) is 24.3 Å². The molecule has 0 radical (unpaired) electrons. The van der Waals surface area contributed by atoms with Gasteiger partial charge in [-0.25, -0.2) is 0 Å². The predicted molar refractivity (Wildman–Crippen MR) is 92.1 cm³/mol. The molecule has 1 aromatic carbocycles. The fourth-order valence-corrected chi connectivity index (χ4v) is 2.71. The summed E-state index contributed by atoms with van der Waals surface area (Å²) >= 11 is 0. The number of amides is 1. The highest BCUT2D eigenvalue weighted by Crippen LogP contribution is 2.39. The van der Waals surface area contributed by atoms with Crippen LogP contribution in [0.3, 0.4) is 0 Å². The average Bonchev–Trinajstić information content (AvgIpc) is 3.40. The summed E-state index contributed by atoms with van der Waals surface area (Å²) in [7, 11) is 0. The van der Waals surface area contributed by atoms with Crippen molar-refractivity contribution < 1.29 is 14.1 Å². The largest absolute Gasteiger partial charge is 0.485 e. The van der Waals surface area contributed by atoms with Crippen LogP contribution in [0, 0.1) is 5.92 Å². The van der Waals surface area contributed by atoms with E-state index in [1.165, 1.54) is 0 Å². The van der Waals surface area contributed by atoms with Crippen LogP contribution in [0.25, 0.3) is 0 Å². The number of aryl methyl sites for hydroxylation is 1. The lowest BCUT2D eigenvalue weighted by Gasteiger charge is -2.29. The number of ether oxygens (including phenoxy) is 1. The second kappa shape index (κ2) is 7.23. The van der Waals surface area contributed by atoms with Gasteiger partial charge in [0.2, 0.25) is 11.7 Å². The molecule has 1 aliphatic carbocycles. The lowest BCUT2D eigenvalue weighted by molar-refractivity contribution is 0.0898. The van der Waals surface area contributed by atoms with Crippen molar-refractivity contribution in [2.45, 2.75) is 45.3 Å². The second-order valence-corrected chi connectivity index (χ2v) is 6.62. The number of aromatic nitrogens is 2. The molecule has 1 heterocycles. The van der Waals surface area contributed by atoms with Crippen molar-refractivity contribution in [3.63, 3.8) is 0 Å². The highest BCUT2D eigenvalue weighted by atomic mass is 16.5. The average molecular weight is 344 g/mol. The lowest BCUT2D eigenvalue weighted by atomic mass is 9.95. The maximum atomic E-state index is 12.4. The van der Waals surface area contributed by atoms with Crippen molar-refractivity contribution in [3.05, 3.63) is 41.5 Å². The third-order valence-corrected chi connectivity index (χ3v) is 4.60. The first-order chi connectivity index (χ1) is 12.0. The normalized spacial score (nSPS) is 16.3. The minimum atomic E-state index is -0.331. The number of nitrogens with one attached hydrogen (secondary N) is 1. The number of rotatable bonds is 8. The summed E-state index contributed by atoms with van der Waals surface area (Å²) in [5.41, 5.74) is 6.10. The fourth-order valence-electron chi connectivity index (χ4n) is 2.71. The highest BCUT2D eigenvalue weighted by Gasteiger charge is 2.41. The Morgan fingerprint density at radius 2 is 2.12 bits per heavy atom. The van der Waals surface area contributed by atoms with Crippen molar-refractivity contribution in [1.29, 1.82) is 0 Å². The van der Waals surface area contributed by atoms with E-state index >= 15 is 0 Å². The third kappa shape index (κ3) is 4.17. The van der Waals surface area contributed by atoms with Gasteiger partial charge >= 0.3 is 0 Å². The summed E-state index contributed by atoms with van der Waals surface area (Å²) in [6, 6.07) is 6.99. The van der Waals surface area contributed by atoms with Gasteiger partial charge in [-0.1, -0.05) is 12.1 Å². The molecule has 1 atom stereocenters. The van der Waals surface area contributed by atoms with Crippen LogP contribution in [-0.2, 0) is 13.0 Å². The number of carbonyl (C=O) groups is 1. The Morgan fingerprint density at radius 3 is 2.68 bits per heavy atom. The summed E-state index contributed by atoms with van der Waals surface area (Å²) in [6.07, 6.45) is 2.94.